The molecule has 8 nitrogen and oxygen atoms in total. The number of carbonyl (C=O) groups is 2. The third-order valence-electron chi connectivity index (χ3n) is 5.09. The van der Waals surface area contributed by atoms with Crippen LogP contribution in [0.15, 0.2) is 53.4 Å². The molecule has 160 valence electrons. The van der Waals surface area contributed by atoms with Gasteiger partial charge in [-0.15, -0.1) is 0 Å². The Morgan fingerprint density at radius 3 is 2.33 bits per heavy atom. The van der Waals surface area contributed by atoms with Crippen molar-refractivity contribution in [2.75, 3.05) is 32.7 Å². The Bertz CT molecular complexity index is 1010. The number of carbonyl (C=O) groups excluding carboxylic acids is 2. The van der Waals surface area contributed by atoms with Gasteiger partial charge in [0.15, 0.2) is 0 Å². The number of amides is 3. The summed E-state index contributed by atoms with van der Waals surface area (Å²) in [6, 6.07) is 13.5. The van der Waals surface area contributed by atoms with Crippen LogP contribution in [0.2, 0.25) is 0 Å². The summed E-state index contributed by atoms with van der Waals surface area (Å²) in [5.74, 6) is -0.487. The number of sulfonamides is 1. The maximum Gasteiger partial charge on any atom is 0.317 e. The molecular weight excluding hydrogens is 404 g/mol. The highest BCUT2D eigenvalue weighted by Crippen LogP contribution is 2.18. The highest BCUT2D eigenvalue weighted by atomic mass is 32.2. The number of rotatable bonds is 6. The minimum absolute atomic E-state index is 0.228. The third-order valence-corrected chi connectivity index (χ3v) is 7.00. The SMILES string of the molecule is Cc1ccc(S(=O)(=O)N2CCN(C(=O)NCCc3cccc(C(N)=O)c3)CC2)cc1. The normalized spacial score (nSPS) is 15.0. The number of hydrogen-bond donors (Lipinski definition) is 2. The highest BCUT2D eigenvalue weighted by molar-refractivity contribution is 7.89. The van der Waals surface area contributed by atoms with Gasteiger partial charge in [-0.2, -0.15) is 4.31 Å². The van der Waals surface area contributed by atoms with Crippen molar-refractivity contribution in [3.63, 3.8) is 0 Å². The molecule has 1 heterocycles. The van der Waals surface area contributed by atoms with E-state index in [2.05, 4.69) is 5.32 Å². The molecule has 0 aromatic heterocycles. The van der Waals surface area contributed by atoms with Crippen LogP contribution >= 0.6 is 0 Å². The van der Waals surface area contributed by atoms with Crippen LogP contribution in [0.4, 0.5) is 4.79 Å². The van der Waals surface area contributed by atoms with Crippen LogP contribution in [-0.4, -0.2) is 62.3 Å². The van der Waals surface area contributed by atoms with Crippen molar-refractivity contribution in [2.45, 2.75) is 18.2 Å². The molecule has 1 aliphatic heterocycles. The molecule has 0 aliphatic carbocycles. The minimum Gasteiger partial charge on any atom is -0.366 e. The van der Waals surface area contributed by atoms with Crippen molar-refractivity contribution in [2.24, 2.45) is 5.73 Å². The topological polar surface area (TPSA) is 113 Å². The first-order chi connectivity index (χ1) is 14.3. The van der Waals surface area contributed by atoms with E-state index in [1.54, 1.807) is 47.4 Å². The molecule has 0 atom stereocenters. The number of urea groups is 1. The number of hydrogen-bond acceptors (Lipinski definition) is 4. The lowest BCUT2D eigenvalue weighted by Crippen LogP contribution is -2.53. The van der Waals surface area contributed by atoms with E-state index in [0.717, 1.165) is 11.1 Å². The lowest BCUT2D eigenvalue weighted by atomic mass is 10.1. The van der Waals surface area contributed by atoms with Crippen LogP contribution in [-0.2, 0) is 16.4 Å². The summed E-state index contributed by atoms with van der Waals surface area (Å²) in [6.45, 7) is 3.47. The van der Waals surface area contributed by atoms with E-state index in [-0.39, 0.29) is 24.0 Å². The minimum atomic E-state index is -3.55. The Kier molecular flexibility index (Phi) is 6.73. The second kappa shape index (κ2) is 9.27. The Labute approximate surface area is 176 Å². The van der Waals surface area contributed by atoms with Crippen LogP contribution in [0.25, 0.3) is 0 Å². The Morgan fingerprint density at radius 1 is 1.03 bits per heavy atom. The zero-order valence-electron chi connectivity index (χ0n) is 16.9. The van der Waals surface area contributed by atoms with Gasteiger partial charge in [-0.25, -0.2) is 13.2 Å². The maximum absolute atomic E-state index is 12.8. The average molecular weight is 431 g/mol. The first kappa shape index (κ1) is 21.8. The molecule has 0 saturated carbocycles. The van der Waals surface area contributed by atoms with Gasteiger partial charge in [0, 0.05) is 38.3 Å². The molecule has 3 N–H and O–H groups in total. The van der Waals surface area contributed by atoms with Gasteiger partial charge in [-0.05, 0) is 43.2 Å². The number of nitrogens with one attached hydrogen (secondary N) is 1. The van der Waals surface area contributed by atoms with Crippen molar-refractivity contribution in [3.8, 4) is 0 Å². The summed E-state index contributed by atoms with van der Waals surface area (Å²) in [5, 5.41) is 2.84. The fourth-order valence-electron chi connectivity index (χ4n) is 3.30. The van der Waals surface area contributed by atoms with Crippen LogP contribution in [0.1, 0.15) is 21.5 Å². The molecule has 2 aromatic carbocycles. The van der Waals surface area contributed by atoms with Gasteiger partial charge in [0.2, 0.25) is 15.9 Å². The van der Waals surface area contributed by atoms with Crippen molar-refractivity contribution in [1.82, 2.24) is 14.5 Å². The molecule has 0 radical (unpaired) electrons. The van der Waals surface area contributed by atoms with Gasteiger partial charge in [0.05, 0.1) is 4.90 Å². The smallest absolute Gasteiger partial charge is 0.317 e. The van der Waals surface area contributed by atoms with Crippen molar-refractivity contribution < 1.29 is 18.0 Å². The predicted molar refractivity (Wildman–Crippen MR) is 114 cm³/mol. The van der Waals surface area contributed by atoms with E-state index in [1.807, 2.05) is 13.0 Å². The summed E-state index contributed by atoms with van der Waals surface area (Å²) < 4.78 is 26.9. The lowest BCUT2D eigenvalue weighted by molar-refractivity contribution is 0.1000. The van der Waals surface area contributed by atoms with Crippen molar-refractivity contribution in [1.29, 1.82) is 0 Å². The second-order valence-corrected chi connectivity index (χ2v) is 9.19. The molecule has 0 unspecified atom stereocenters. The van der Waals surface area contributed by atoms with Crippen LogP contribution in [0.3, 0.4) is 0 Å². The van der Waals surface area contributed by atoms with Gasteiger partial charge in [0.25, 0.3) is 0 Å². The summed E-state index contributed by atoms with van der Waals surface area (Å²) in [4.78, 5) is 25.5. The number of nitrogens with two attached hydrogens (primary N) is 1. The maximum atomic E-state index is 12.8. The van der Waals surface area contributed by atoms with Gasteiger partial charge in [-0.1, -0.05) is 29.8 Å². The summed E-state index contributed by atoms with van der Waals surface area (Å²) in [6.07, 6.45) is 0.564. The third kappa shape index (κ3) is 5.17. The van der Waals surface area contributed by atoms with Crippen molar-refractivity contribution >= 4 is 22.0 Å². The standard InChI is InChI=1S/C21H26N4O4S/c1-16-5-7-19(8-6-16)30(28,29)25-13-11-24(12-14-25)21(27)23-10-9-17-3-2-4-18(15-17)20(22)26/h2-8,15H,9-14H2,1H3,(H2,22,26)(H,23,27). The number of primary amides is 1. The molecule has 1 fully saturated rings. The molecule has 30 heavy (non-hydrogen) atoms. The van der Waals surface area contributed by atoms with Crippen LogP contribution in [0, 0.1) is 6.92 Å². The van der Waals surface area contributed by atoms with E-state index in [9.17, 15) is 18.0 Å². The molecule has 3 amide bonds. The first-order valence-electron chi connectivity index (χ1n) is 9.76. The zero-order valence-corrected chi connectivity index (χ0v) is 17.7. The van der Waals surface area contributed by atoms with Crippen LogP contribution in [0.5, 0.6) is 0 Å². The number of aryl methyl sites for hydroxylation is 1. The average Bonchev–Trinajstić information content (AvgIpc) is 2.74. The van der Waals surface area contributed by atoms with E-state index in [0.29, 0.717) is 31.6 Å². The van der Waals surface area contributed by atoms with Crippen LogP contribution < -0.4 is 11.1 Å². The molecule has 1 aliphatic rings. The summed E-state index contributed by atoms with van der Waals surface area (Å²) in [5.41, 5.74) is 7.62. The summed E-state index contributed by atoms with van der Waals surface area (Å²) >= 11 is 0. The van der Waals surface area contributed by atoms with Gasteiger partial charge in [0.1, 0.15) is 0 Å². The van der Waals surface area contributed by atoms with Gasteiger partial charge in [-0.3, -0.25) is 4.79 Å². The van der Waals surface area contributed by atoms with Gasteiger partial charge < -0.3 is 16.0 Å². The molecule has 0 bridgehead atoms. The number of nitrogens with zero attached hydrogens (tertiary/aromatic N) is 2. The fourth-order valence-corrected chi connectivity index (χ4v) is 4.72. The zero-order chi connectivity index (χ0) is 21.7. The Morgan fingerprint density at radius 2 is 1.70 bits per heavy atom. The molecule has 9 heteroatoms. The van der Waals surface area contributed by atoms with E-state index >= 15 is 0 Å². The highest BCUT2D eigenvalue weighted by Gasteiger charge is 2.29. The van der Waals surface area contributed by atoms with E-state index < -0.39 is 15.9 Å². The number of benzene rings is 2. The molecular formula is C21H26N4O4S. The van der Waals surface area contributed by atoms with E-state index in [1.165, 1.54) is 4.31 Å². The summed E-state index contributed by atoms with van der Waals surface area (Å²) in [7, 11) is -3.55. The molecule has 1 saturated heterocycles. The van der Waals surface area contributed by atoms with E-state index in [4.69, 9.17) is 5.73 Å². The Hall–Kier alpha value is -2.91. The lowest BCUT2D eigenvalue weighted by Gasteiger charge is -2.34. The number of piperazine rings is 1. The van der Waals surface area contributed by atoms with Crippen molar-refractivity contribution in [3.05, 3.63) is 65.2 Å². The fraction of sp³-hybridized carbons (Fsp3) is 0.333. The Balaban J connectivity index is 1.49. The second-order valence-electron chi connectivity index (χ2n) is 7.25. The largest absolute Gasteiger partial charge is 0.366 e. The predicted octanol–water partition coefficient (Wildman–Crippen LogP) is 1.35. The molecule has 2 aromatic rings. The first-order valence-corrected chi connectivity index (χ1v) is 11.2. The molecule has 3 rings (SSSR count). The quantitative estimate of drug-likeness (QED) is 0.720. The monoisotopic (exact) mass is 430 g/mol. The van der Waals surface area contributed by atoms with Gasteiger partial charge >= 0.3 is 6.03 Å². The molecule has 0 spiro atoms.